The Kier molecular flexibility index (Phi) is 4.35. The Balaban J connectivity index is 1.51. The Bertz CT molecular complexity index is 906. The van der Waals surface area contributed by atoms with Crippen LogP contribution < -0.4 is 4.74 Å². The first-order valence-electron chi connectivity index (χ1n) is 8.62. The fourth-order valence-corrected chi connectivity index (χ4v) is 3.18. The van der Waals surface area contributed by atoms with Gasteiger partial charge in [0, 0.05) is 18.7 Å². The highest BCUT2D eigenvalue weighted by molar-refractivity contribution is 5.94. The summed E-state index contributed by atoms with van der Waals surface area (Å²) in [5, 5.41) is 11.1. The quantitative estimate of drug-likeness (QED) is 0.722. The van der Waals surface area contributed by atoms with Gasteiger partial charge in [-0.05, 0) is 71.3 Å². The molecule has 0 atom stereocenters. The van der Waals surface area contributed by atoms with Gasteiger partial charge >= 0.3 is 0 Å². The molecule has 1 amide bonds. The molecule has 132 valence electrons. The molecule has 0 aliphatic carbocycles. The molecule has 7 nitrogen and oxygen atoms in total. The molecule has 0 N–H and O–H groups in total. The van der Waals surface area contributed by atoms with E-state index in [9.17, 15) is 4.79 Å². The van der Waals surface area contributed by atoms with Gasteiger partial charge in [-0.2, -0.15) is 0 Å². The molecule has 0 saturated heterocycles. The topological polar surface area (TPSA) is 73.1 Å². The van der Waals surface area contributed by atoms with Crippen LogP contribution in [0.5, 0.6) is 5.75 Å². The summed E-state index contributed by atoms with van der Waals surface area (Å²) in [4.78, 5) is 14.7. The Labute approximate surface area is 151 Å². The third kappa shape index (κ3) is 3.15. The number of hydrogen-bond donors (Lipinski definition) is 0. The lowest BCUT2D eigenvalue weighted by Crippen LogP contribution is -2.35. The Morgan fingerprint density at radius 3 is 2.73 bits per heavy atom. The molecule has 4 rings (SSSR count). The molecule has 0 bridgehead atoms. The van der Waals surface area contributed by atoms with E-state index < -0.39 is 0 Å². The zero-order valence-corrected chi connectivity index (χ0v) is 14.5. The second kappa shape index (κ2) is 6.95. The summed E-state index contributed by atoms with van der Waals surface area (Å²) in [7, 11) is 0. The van der Waals surface area contributed by atoms with Crippen LogP contribution in [0.3, 0.4) is 0 Å². The summed E-state index contributed by atoms with van der Waals surface area (Å²) in [5.74, 6) is 0.882. The highest BCUT2D eigenvalue weighted by Crippen LogP contribution is 2.25. The number of ether oxygens (including phenoxy) is 1. The predicted molar refractivity (Wildman–Crippen MR) is 95.2 cm³/mol. The van der Waals surface area contributed by atoms with E-state index in [2.05, 4.69) is 21.6 Å². The first kappa shape index (κ1) is 16.3. The van der Waals surface area contributed by atoms with E-state index in [1.54, 1.807) is 4.68 Å². The van der Waals surface area contributed by atoms with Gasteiger partial charge in [-0.25, -0.2) is 4.68 Å². The number of fused-ring (bicyclic) bond motifs is 1. The van der Waals surface area contributed by atoms with Gasteiger partial charge in [0.1, 0.15) is 12.1 Å². The monoisotopic (exact) mass is 349 g/mol. The average Bonchev–Trinajstić information content (AvgIpc) is 3.22. The second-order valence-electron chi connectivity index (χ2n) is 6.14. The summed E-state index contributed by atoms with van der Waals surface area (Å²) in [6, 6.07) is 13.4. The minimum Gasteiger partial charge on any atom is -0.494 e. The smallest absolute Gasteiger partial charge is 0.254 e. The molecular weight excluding hydrogens is 330 g/mol. The summed E-state index contributed by atoms with van der Waals surface area (Å²) in [6.45, 7) is 3.92. The third-order valence-electron chi connectivity index (χ3n) is 4.52. The fraction of sp³-hybridized carbons (Fsp3) is 0.263. The van der Waals surface area contributed by atoms with E-state index in [4.69, 9.17) is 4.74 Å². The maximum Gasteiger partial charge on any atom is 0.254 e. The van der Waals surface area contributed by atoms with E-state index in [1.165, 1.54) is 11.9 Å². The van der Waals surface area contributed by atoms with E-state index >= 15 is 0 Å². The summed E-state index contributed by atoms with van der Waals surface area (Å²) >= 11 is 0. The van der Waals surface area contributed by atoms with Gasteiger partial charge in [0.15, 0.2) is 0 Å². The number of hydrogen-bond acceptors (Lipinski definition) is 5. The zero-order valence-electron chi connectivity index (χ0n) is 14.5. The van der Waals surface area contributed by atoms with Crippen molar-refractivity contribution in [2.24, 2.45) is 0 Å². The standard InChI is InChI=1S/C19H19N5O2/c1-2-26-18-8-5-14-9-10-23(12-16(14)11-18)19(25)15-3-6-17(7-4-15)24-13-20-21-22-24/h3-8,11,13H,2,9-10,12H2,1H3. The molecule has 26 heavy (non-hydrogen) atoms. The first-order chi connectivity index (χ1) is 12.7. The van der Waals surface area contributed by atoms with E-state index in [0.29, 0.717) is 25.3 Å². The minimum atomic E-state index is 0.0285. The Morgan fingerprint density at radius 2 is 2.00 bits per heavy atom. The van der Waals surface area contributed by atoms with Gasteiger partial charge in [-0.15, -0.1) is 5.10 Å². The molecule has 2 aromatic carbocycles. The van der Waals surface area contributed by atoms with Gasteiger partial charge in [-0.3, -0.25) is 4.79 Å². The molecule has 0 spiro atoms. The maximum atomic E-state index is 12.9. The molecule has 1 aliphatic heterocycles. The van der Waals surface area contributed by atoms with Crippen molar-refractivity contribution in [2.45, 2.75) is 19.9 Å². The lowest BCUT2D eigenvalue weighted by Gasteiger charge is -2.29. The first-order valence-corrected chi connectivity index (χ1v) is 8.62. The van der Waals surface area contributed by atoms with Crippen LogP contribution >= 0.6 is 0 Å². The number of tetrazole rings is 1. The van der Waals surface area contributed by atoms with Gasteiger partial charge in [-0.1, -0.05) is 6.07 Å². The molecule has 1 aromatic heterocycles. The zero-order chi connectivity index (χ0) is 17.9. The van der Waals surface area contributed by atoms with Crippen LogP contribution in [0.2, 0.25) is 0 Å². The summed E-state index contributed by atoms with van der Waals surface area (Å²) in [5.41, 5.74) is 3.91. The Morgan fingerprint density at radius 1 is 1.15 bits per heavy atom. The van der Waals surface area contributed by atoms with Gasteiger partial charge in [0.25, 0.3) is 5.91 Å². The van der Waals surface area contributed by atoms with Crippen LogP contribution in [-0.2, 0) is 13.0 Å². The Hall–Kier alpha value is -3.22. The van der Waals surface area contributed by atoms with Gasteiger partial charge in [0.05, 0.1) is 12.3 Å². The van der Waals surface area contributed by atoms with E-state index in [-0.39, 0.29) is 5.91 Å². The predicted octanol–water partition coefficient (Wildman–Crippen LogP) is 2.26. The van der Waals surface area contributed by atoms with Crippen LogP contribution in [0.15, 0.2) is 48.8 Å². The third-order valence-corrected chi connectivity index (χ3v) is 4.52. The average molecular weight is 349 g/mol. The summed E-state index contributed by atoms with van der Waals surface area (Å²) < 4.78 is 7.14. The number of amides is 1. The van der Waals surface area contributed by atoms with Crippen molar-refractivity contribution in [1.82, 2.24) is 25.1 Å². The van der Waals surface area contributed by atoms with Gasteiger partial charge < -0.3 is 9.64 Å². The SMILES string of the molecule is CCOc1ccc2c(c1)CN(C(=O)c1ccc(-n3cnnn3)cc1)CC2. The number of nitrogens with zero attached hydrogens (tertiary/aromatic N) is 5. The van der Waals surface area contributed by atoms with Crippen molar-refractivity contribution in [2.75, 3.05) is 13.2 Å². The molecule has 1 aliphatic rings. The number of carbonyl (C=O) groups is 1. The lowest BCUT2D eigenvalue weighted by atomic mass is 9.98. The lowest BCUT2D eigenvalue weighted by molar-refractivity contribution is 0.0734. The highest BCUT2D eigenvalue weighted by Gasteiger charge is 2.22. The molecule has 0 saturated carbocycles. The maximum absolute atomic E-state index is 12.9. The van der Waals surface area contributed by atoms with Crippen molar-refractivity contribution in [3.63, 3.8) is 0 Å². The minimum absolute atomic E-state index is 0.0285. The number of aromatic nitrogens is 4. The largest absolute Gasteiger partial charge is 0.494 e. The molecular formula is C19H19N5O2. The van der Waals surface area contributed by atoms with Crippen LogP contribution in [0.25, 0.3) is 5.69 Å². The van der Waals surface area contributed by atoms with Crippen molar-refractivity contribution >= 4 is 5.91 Å². The number of rotatable bonds is 4. The molecule has 7 heteroatoms. The fourth-order valence-electron chi connectivity index (χ4n) is 3.18. The second-order valence-corrected chi connectivity index (χ2v) is 6.14. The number of benzene rings is 2. The highest BCUT2D eigenvalue weighted by atomic mass is 16.5. The molecule has 2 heterocycles. The van der Waals surface area contributed by atoms with Crippen LogP contribution in [0.1, 0.15) is 28.4 Å². The van der Waals surface area contributed by atoms with Crippen LogP contribution in [-0.4, -0.2) is 44.2 Å². The normalized spacial score (nSPS) is 13.3. The number of carbonyl (C=O) groups excluding carboxylic acids is 1. The van der Waals surface area contributed by atoms with Crippen molar-refractivity contribution in [3.05, 3.63) is 65.5 Å². The van der Waals surface area contributed by atoms with Crippen molar-refractivity contribution < 1.29 is 9.53 Å². The van der Waals surface area contributed by atoms with Crippen molar-refractivity contribution in [1.29, 1.82) is 0 Å². The van der Waals surface area contributed by atoms with E-state index in [1.807, 2.05) is 48.2 Å². The van der Waals surface area contributed by atoms with E-state index in [0.717, 1.165) is 23.4 Å². The van der Waals surface area contributed by atoms with Crippen molar-refractivity contribution in [3.8, 4) is 11.4 Å². The van der Waals surface area contributed by atoms with Gasteiger partial charge in [0.2, 0.25) is 0 Å². The molecule has 3 aromatic rings. The molecule has 0 fully saturated rings. The van der Waals surface area contributed by atoms with Crippen LogP contribution in [0.4, 0.5) is 0 Å². The molecule has 0 unspecified atom stereocenters. The summed E-state index contributed by atoms with van der Waals surface area (Å²) in [6.07, 6.45) is 2.38. The molecule has 0 radical (unpaired) electrons. The van der Waals surface area contributed by atoms with Crippen LogP contribution in [0, 0.1) is 0 Å².